The number of ether oxygens (including phenoxy) is 1. The molecule has 5 heteroatoms. The molecule has 2 N–H and O–H groups in total. The quantitative estimate of drug-likeness (QED) is 0.812. The number of aryl methyl sites for hydroxylation is 1. The van der Waals surface area contributed by atoms with Crippen molar-refractivity contribution in [3.63, 3.8) is 0 Å². The van der Waals surface area contributed by atoms with Crippen LogP contribution in [0.4, 0.5) is 0 Å². The number of nitrogens with two attached hydrogens (primary N) is 1. The average Bonchev–Trinajstić information content (AvgIpc) is 2.63. The number of rotatable bonds is 5. The lowest BCUT2D eigenvalue weighted by atomic mass is 10.1. The van der Waals surface area contributed by atoms with Crippen molar-refractivity contribution in [2.75, 3.05) is 7.11 Å². The van der Waals surface area contributed by atoms with Gasteiger partial charge in [-0.1, -0.05) is 11.6 Å². The zero-order valence-electron chi connectivity index (χ0n) is 8.53. The van der Waals surface area contributed by atoms with Gasteiger partial charge in [0.25, 0.3) is 0 Å². The molecule has 0 aliphatic carbocycles. The molecular weight excluding hydrogens is 234 g/mol. The highest BCUT2D eigenvalue weighted by atomic mass is 35.5. The first-order valence-electron chi connectivity index (χ1n) is 4.71. The molecule has 1 unspecified atom stereocenters. The van der Waals surface area contributed by atoms with Crippen molar-refractivity contribution in [3.05, 3.63) is 21.3 Å². The fraction of sp³-hybridized carbons (Fsp3) is 0.500. The van der Waals surface area contributed by atoms with Crippen molar-refractivity contribution >= 4 is 28.9 Å². The Kier molecular flexibility index (Phi) is 5.08. The van der Waals surface area contributed by atoms with E-state index in [9.17, 15) is 4.79 Å². The Hall–Kier alpha value is -0.580. The molecule has 1 atom stereocenters. The maximum absolute atomic E-state index is 11.0. The second-order valence-electron chi connectivity index (χ2n) is 3.23. The van der Waals surface area contributed by atoms with Crippen molar-refractivity contribution in [3.8, 4) is 0 Å². The van der Waals surface area contributed by atoms with Crippen LogP contribution in [0.2, 0.25) is 4.34 Å². The van der Waals surface area contributed by atoms with E-state index in [1.807, 2.05) is 12.1 Å². The topological polar surface area (TPSA) is 52.3 Å². The van der Waals surface area contributed by atoms with Crippen molar-refractivity contribution < 1.29 is 9.53 Å². The minimum atomic E-state index is -0.509. The molecule has 15 heavy (non-hydrogen) atoms. The van der Waals surface area contributed by atoms with Gasteiger partial charge in [0.2, 0.25) is 0 Å². The zero-order chi connectivity index (χ0) is 11.3. The van der Waals surface area contributed by atoms with E-state index < -0.39 is 6.04 Å². The summed E-state index contributed by atoms with van der Waals surface area (Å²) in [7, 11) is 1.35. The summed E-state index contributed by atoms with van der Waals surface area (Å²) in [6.07, 6.45) is 2.41. The summed E-state index contributed by atoms with van der Waals surface area (Å²) >= 11 is 7.36. The summed E-state index contributed by atoms with van der Waals surface area (Å²) in [6.45, 7) is 0. The van der Waals surface area contributed by atoms with Crippen LogP contribution in [-0.4, -0.2) is 19.1 Å². The van der Waals surface area contributed by atoms with Crippen LogP contribution in [0.25, 0.3) is 0 Å². The molecule has 0 aliphatic heterocycles. The number of carbonyl (C=O) groups is 1. The van der Waals surface area contributed by atoms with Crippen LogP contribution in [-0.2, 0) is 16.0 Å². The molecule has 0 radical (unpaired) electrons. The molecule has 0 saturated heterocycles. The highest BCUT2D eigenvalue weighted by Crippen LogP contribution is 2.22. The maximum atomic E-state index is 11.0. The van der Waals surface area contributed by atoms with Crippen LogP contribution in [0.5, 0.6) is 0 Å². The van der Waals surface area contributed by atoms with Gasteiger partial charge < -0.3 is 10.5 Å². The Morgan fingerprint density at radius 3 is 2.93 bits per heavy atom. The van der Waals surface area contributed by atoms with Gasteiger partial charge in [0.15, 0.2) is 0 Å². The van der Waals surface area contributed by atoms with E-state index >= 15 is 0 Å². The van der Waals surface area contributed by atoms with Gasteiger partial charge in [-0.15, -0.1) is 11.3 Å². The second kappa shape index (κ2) is 6.10. The lowest BCUT2D eigenvalue weighted by molar-refractivity contribution is -0.142. The minimum absolute atomic E-state index is 0.348. The number of methoxy groups -OCH3 is 1. The van der Waals surface area contributed by atoms with E-state index in [0.717, 1.165) is 17.2 Å². The number of halogens is 1. The summed E-state index contributed by atoms with van der Waals surface area (Å²) < 4.78 is 5.33. The van der Waals surface area contributed by atoms with Crippen molar-refractivity contribution in [2.24, 2.45) is 5.73 Å². The van der Waals surface area contributed by atoms with Crippen LogP contribution in [0.15, 0.2) is 12.1 Å². The van der Waals surface area contributed by atoms with Crippen LogP contribution in [0.1, 0.15) is 17.7 Å². The number of esters is 1. The third-order valence-electron chi connectivity index (χ3n) is 2.07. The molecule has 0 saturated carbocycles. The fourth-order valence-electron chi connectivity index (χ4n) is 1.25. The van der Waals surface area contributed by atoms with Gasteiger partial charge in [0.1, 0.15) is 6.04 Å². The molecule has 0 aromatic carbocycles. The number of hydrogen-bond donors (Lipinski definition) is 1. The molecule has 1 aromatic rings. The molecular formula is C10H14ClNO2S. The number of carbonyl (C=O) groups excluding carboxylic acids is 1. The Bertz CT molecular complexity index is 327. The standard InChI is InChI=1S/C10H14ClNO2S/c1-14-10(13)8(12)4-2-3-7-5-6-9(11)15-7/h5-6,8H,2-4,12H2,1H3. The summed E-state index contributed by atoms with van der Waals surface area (Å²) in [5.74, 6) is -0.348. The van der Waals surface area contributed by atoms with Gasteiger partial charge in [-0.2, -0.15) is 0 Å². The molecule has 1 heterocycles. The molecule has 0 amide bonds. The molecule has 1 rings (SSSR count). The van der Waals surface area contributed by atoms with Crippen molar-refractivity contribution in [1.82, 2.24) is 0 Å². The summed E-state index contributed by atoms with van der Waals surface area (Å²) in [6, 6.07) is 3.36. The van der Waals surface area contributed by atoms with Gasteiger partial charge in [0, 0.05) is 4.88 Å². The smallest absolute Gasteiger partial charge is 0.322 e. The molecule has 0 fully saturated rings. The fourth-order valence-corrected chi connectivity index (χ4v) is 2.38. The predicted octanol–water partition coefficient (Wildman–Crippen LogP) is 2.22. The van der Waals surface area contributed by atoms with E-state index in [0.29, 0.717) is 6.42 Å². The zero-order valence-corrected chi connectivity index (χ0v) is 10.1. The van der Waals surface area contributed by atoms with E-state index in [1.54, 1.807) is 11.3 Å². The molecule has 3 nitrogen and oxygen atoms in total. The maximum Gasteiger partial charge on any atom is 0.322 e. The number of thiophene rings is 1. The normalized spacial score (nSPS) is 12.5. The monoisotopic (exact) mass is 247 g/mol. The van der Waals surface area contributed by atoms with Gasteiger partial charge in [-0.3, -0.25) is 4.79 Å². The van der Waals surface area contributed by atoms with E-state index in [2.05, 4.69) is 4.74 Å². The second-order valence-corrected chi connectivity index (χ2v) is 5.03. The van der Waals surface area contributed by atoms with E-state index in [4.69, 9.17) is 17.3 Å². The predicted molar refractivity (Wildman–Crippen MR) is 62.3 cm³/mol. The first-order valence-corrected chi connectivity index (χ1v) is 5.90. The van der Waals surface area contributed by atoms with Gasteiger partial charge in [-0.25, -0.2) is 0 Å². The van der Waals surface area contributed by atoms with Crippen molar-refractivity contribution in [2.45, 2.75) is 25.3 Å². The van der Waals surface area contributed by atoms with Crippen LogP contribution in [0, 0.1) is 0 Å². The molecule has 84 valence electrons. The van der Waals surface area contributed by atoms with Gasteiger partial charge >= 0.3 is 5.97 Å². The molecule has 1 aromatic heterocycles. The SMILES string of the molecule is COC(=O)C(N)CCCc1ccc(Cl)s1. The molecule has 0 spiro atoms. The minimum Gasteiger partial charge on any atom is -0.468 e. The van der Waals surface area contributed by atoms with Crippen LogP contribution in [0.3, 0.4) is 0 Å². The first kappa shape index (κ1) is 12.5. The third kappa shape index (κ3) is 4.20. The van der Waals surface area contributed by atoms with E-state index in [-0.39, 0.29) is 5.97 Å². The summed E-state index contributed by atoms with van der Waals surface area (Å²) in [5.41, 5.74) is 5.60. The van der Waals surface area contributed by atoms with Crippen molar-refractivity contribution in [1.29, 1.82) is 0 Å². The number of hydrogen-bond acceptors (Lipinski definition) is 4. The van der Waals surface area contributed by atoms with Gasteiger partial charge in [0.05, 0.1) is 11.4 Å². The lowest BCUT2D eigenvalue weighted by Gasteiger charge is -2.07. The molecule has 0 aliphatic rings. The highest BCUT2D eigenvalue weighted by Gasteiger charge is 2.12. The highest BCUT2D eigenvalue weighted by molar-refractivity contribution is 7.16. The lowest BCUT2D eigenvalue weighted by Crippen LogP contribution is -2.31. The Labute approximate surface area is 98.2 Å². The Balaban J connectivity index is 2.24. The van der Waals surface area contributed by atoms with Crippen LogP contribution < -0.4 is 5.73 Å². The third-order valence-corrected chi connectivity index (χ3v) is 3.36. The summed E-state index contributed by atoms with van der Waals surface area (Å²) in [4.78, 5) is 12.2. The van der Waals surface area contributed by atoms with Gasteiger partial charge in [-0.05, 0) is 31.4 Å². The van der Waals surface area contributed by atoms with Crippen LogP contribution >= 0.6 is 22.9 Å². The first-order chi connectivity index (χ1) is 7.13. The Morgan fingerprint density at radius 2 is 2.40 bits per heavy atom. The largest absolute Gasteiger partial charge is 0.468 e. The Morgan fingerprint density at radius 1 is 1.67 bits per heavy atom. The average molecular weight is 248 g/mol. The molecule has 0 bridgehead atoms. The summed E-state index contributed by atoms with van der Waals surface area (Å²) in [5, 5.41) is 0. The van der Waals surface area contributed by atoms with E-state index in [1.165, 1.54) is 12.0 Å².